The van der Waals surface area contributed by atoms with Crippen LogP contribution < -0.4 is 5.32 Å². The topological polar surface area (TPSA) is 51.2 Å². The molecule has 4 nitrogen and oxygen atoms in total. The molecule has 0 amide bonds. The Balaban J connectivity index is 1.95. The van der Waals surface area contributed by atoms with Gasteiger partial charge in [-0.3, -0.25) is 4.79 Å². The molecule has 2 atom stereocenters. The summed E-state index contributed by atoms with van der Waals surface area (Å²) in [5.74, 6) is 0.218. The third-order valence-corrected chi connectivity index (χ3v) is 3.80. The number of nitrogens with one attached hydrogen (secondary N) is 1. The SMILES string of the molecule is CCNC1COCC1C(=O)Cc1csc(C)n1. The minimum atomic E-state index is -0.0167. The highest BCUT2D eigenvalue weighted by Gasteiger charge is 2.33. The van der Waals surface area contributed by atoms with Crippen molar-refractivity contribution in [3.8, 4) is 0 Å². The van der Waals surface area contributed by atoms with Crippen LogP contribution in [0.2, 0.25) is 0 Å². The molecule has 1 N–H and O–H groups in total. The molecule has 0 saturated carbocycles. The minimum absolute atomic E-state index is 0.0167. The molecule has 2 rings (SSSR count). The number of hydrogen-bond acceptors (Lipinski definition) is 5. The Morgan fingerprint density at radius 1 is 1.65 bits per heavy atom. The Hall–Kier alpha value is -0.780. The Kier molecular flexibility index (Phi) is 4.25. The Morgan fingerprint density at radius 3 is 3.12 bits per heavy atom. The van der Waals surface area contributed by atoms with Crippen LogP contribution in [-0.2, 0) is 16.0 Å². The fraction of sp³-hybridized carbons (Fsp3) is 0.667. The van der Waals surface area contributed by atoms with Crippen molar-refractivity contribution in [1.29, 1.82) is 0 Å². The van der Waals surface area contributed by atoms with E-state index in [-0.39, 0.29) is 17.7 Å². The second-order valence-corrected chi connectivity index (χ2v) is 5.37. The van der Waals surface area contributed by atoms with Gasteiger partial charge in [0.1, 0.15) is 5.78 Å². The molecule has 2 heterocycles. The maximum Gasteiger partial charge on any atom is 0.145 e. The van der Waals surface area contributed by atoms with Crippen molar-refractivity contribution in [1.82, 2.24) is 10.3 Å². The molecule has 0 radical (unpaired) electrons. The number of thiazole rings is 1. The number of nitrogens with zero attached hydrogens (tertiary/aromatic N) is 1. The lowest BCUT2D eigenvalue weighted by Gasteiger charge is -2.16. The summed E-state index contributed by atoms with van der Waals surface area (Å²) in [5.41, 5.74) is 0.889. The second-order valence-electron chi connectivity index (χ2n) is 4.31. The van der Waals surface area contributed by atoms with E-state index in [0.29, 0.717) is 19.6 Å². The summed E-state index contributed by atoms with van der Waals surface area (Å²) in [6, 6.07) is 0.173. The summed E-state index contributed by atoms with van der Waals surface area (Å²) in [4.78, 5) is 16.5. The molecule has 1 aromatic heterocycles. The predicted octanol–water partition coefficient (Wildman–Crippen LogP) is 1.19. The molecule has 5 heteroatoms. The van der Waals surface area contributed by atoms with Crippen LogP contribution in [0, 0.1) is 12.8 Å². The minimum Gasteiger partial charge on any atom is -0.379 e. The Bertz CT molecular complexity index is 392. The van der Waals surface area contributed by atoms with Crippen LogP contribution in [0.3, 0.4) is 0 Å². The van der Waals surface area contributed by atoms with Gasteiger partial charge in [0.25, 0.3) is 0 Å². The van der Waals surface area contributed by atoms with E-state index in [0.717, 1.165) is 17.2 Å². The van der Waals surface area contributed by atoms with Crippen molar-refractivity contribution in [2.24, 2.45) is 5.92 Å². The molecule has 0 bridgehead atoms. The van der Waals surface area contributed by atoms with Crippen molar-refractivity contribution >= 4 is 17.1 Å². The van der Waals surface area contributed by atoms with Gasteiger partial charge in [0.05, 0.1) is 29.8 Å². The van der Waals surface area contributed by atoms with Crippen molar-refractivity contribution in [2.75, 3.05) is 19.8 Å². The van der Waals surface area contributed by atoms with E-state index < -0.39 is 0 Å². The molecule has 1 fully saturated rings. The average molecular weight is 254 g/mol. The second kappa shape index (κ2) is 5.71. The van der Waals surface area contributed by atoms with Crippen LogP contribution in [0.5, 0.6) is 0 Å². The van der Waals surface area contributed by atoms with Crippen molar-refractivity contribution < 1.29 is 9.53 Å². The number of rotatable bonds is 5. The molecule has 0 spiro atoms. The van der Waals surface area contributed by atoms with Gasteiger partial charge in [-0.25, -0.2) is 4.98 Å². The highest BCUT2D eigenvalue weighted by molar-refractivity contribution is 7.09. The number of Topliss-reactive ketones (excluding diaryl/α,β-unsaturated/α-hetero) is 1. The highest BCUT2D eigenvalue weighted by Crippen LogP contribution is 2.18. The predicted molar refractivity (Wildman–Crippen MR) is 67.3 cm³/mol. The molecule has 1 aliphatic heterocycles. The zero-order chi connectivity index (χ0) is 12.3. The van der Waals surface area contributed by atoms with Crippen LogP contribution >= 0.6 is 11.3 Å². The van der Waals surface area contributed by atoms with Gasteiger partial charge >= 0.3 is 0 Å². The van der Waals surface area contributed by atoms with Crippen molar-refractivity contribution in [3.63, 3.8) is 0 Å². The zero-order valence-electron chi connectivity index (χ0n) is 10.2. The molecule has 2 unspecified atom stereocenters. The largest absolute Gasteiger partial charge is 0.379 e. The number of ketones is 1. The lowest BCUT2D eigenvalue weighted by molar-refractivity contribution is -0.122. The smallest absolute Gasteiger partial charge is 0.145 e. The van der Waals surface area contributed by atoms with Gasteiger partial charge in [-0.2, -0.15) is 0 Å². The quantitative estimate of drug-likeness (QED) is 0.857. The lowest BCUT2D eigenvalue weighted by atomic mass is 9.95. The highest BCUT2D eigenvalue weighted by atomic mass is 32.1. The standard InChI is InChI=1S/C12H18N2O2S/c1-3-13-11-6-16-5-10(11)12(15)4-9-7-17-8(2)14-9/h7,10-11,13H,3-6H2,1-2H3. The first kappa shape index (κ1) is 12.7. The summed E-state index contributed by atoms with van der Waals surface area (Å²) in [5, 5.41) is 6.28. The normalized spacial score (nSPS) is 24.1. The van der Waals surface area contributed by atoms with E-state index >= 15 is 0 Å². The van der Waals surface area contributed by atoms with Gasteiger partial charge in [0, 0.05) is 17.8 Å². The van der Waals surface area contributed by atoms with Gasteiger partial charge in [-0.1, -0.05) is 6.92 Å². The van der Waals surface area contributed by atoms with Gasteiger partial charge in [-0.15, -0.1) is 11.3 Å². The van der Waals surface area contributed by atoms with Gasteiger partial charge in [-0.05, 0) is 13.5 Å². The van der Waals surface area contributed by atoms with Crippen LogP contribution in [0.15, 0.2) is 5.38 Å². The first-order valence-electron chi connectivity index (χ1n) is 5.95. The average Bonchev–Trinajstić information content (AvgIpc) is 2.88. The molecule has 17 heavy (non-hydrogen) atoms. The molecular weight excluding hydrogens is 236 g/mol. The number of carbonyl (C=O) groups is 1. The van der Waals surface area contributed by atoms with Gasteiger partial charge in [0.2, 0.25) is 0 Å². The number of hydrogen-bond donors (Lipinski definition) is 1. The van der Waals surface area contributed by atoms with E-state index in [9.17, 15) is 4.79 Å². The summed E-state index contributed by atoms with van der Waals surface area (Å²) in [6.07, 6.45) is 0.431. The lowest BCUT2D eigenvalue weighted by Crippen LogP contribution is -2.39. The fourth-order valence-electron chi connectivity index (χ4n) is 2.13. The van der Waals surface area contributed by atoms with Crippen molar-refractivity contribution in [3.05, 3.63) is 16.1 Å². The number of ether oxygens (including phenoxy) is 1. The summed E-state index contributed by atoms with van der Waals surface area (Å²) in [6.45, 7) is 6.05. The Morgan fingerprint density at radius 2 is 2.47 bits per heavy atom. The monoisotopic (exact) mass is 254 g/mol. The van der Waals surface area contributed by atoms with Crippen LogP contribution in [0.4, 0.5) is 0 Å². The molecule has 0 aliphatic carbocycles. The van der Waals surface area contributed by atoms with Gasteiger partial charge < -0.3 is 10.1 Å². The third-order valence-electron chi connectivity index (χ3n) is 2.98. The maximum absolute atomic E-state index is 12.2. The molecular formula is C12H18N2O2S. The fourth-order valence-corrected chi connectivity index (χ4v) is 2.75. The number of likely N-dealkylation sites (N-methyl/N-ethyl adjacent to an activating group) is 1. The molecule has 0 aromatic carbocycles. The first-order valence-corrected chi connectivity index (χ1v) is 6.83. The maximum atomic E-state index is 12.2. The molecule has 1 aliphatic rings. The molecule has 94 valence electrons. The van der Waals surface area contributed by atoms with E-state index in [2.05, 4.69) is 10.3 Å². The molecule has 1 saturated heterocycles. The van der Waals surface area contributed by atoms with E-state index in [1.54, 1.807) is 11.3 Å². The summed E-state index contributed by atoms with van der Waals surface area (Å²) < 4.78 is 5.39. The van der Waals surface area contributed by atoms with E-state index in [1.165, 1.54) is 0 Å². The van der Waals surface area contributed by atoms with Gasteiger partial charge in [0.15, 0.2) is 0 Å². The summed E-state index contributed by atoms with van der Waals surface area (Å²) >= 11 is 1.59. The van der Waals surface area contributed by atoms with Crippen LogP contribution in [0.25, 0.3) is 0 Å². The molecule has 1 aromatic rings. The number of carbonyl (C=O) groups excluding carboxylic acids is 1. The first-order chi connectivity index (χ1) is 8.20. The summed E-state index contributed by atoms with van der Waals surface area (Å²) in [7, 11) is 0. The van der Waals surface area contributed by atoms with E-state index in [1.807, 2.05) is 19.2 Å². The van der Waals surface area contributed by atoms with E-state index in [4.69, 9.17) is 4.74 Å². The number of aromatic nitrogens is 1. The number of aryl methyl sites for hydroxylation is 1. The van der Waals surface area contributed by atoms with Crippen LogP contribution in [0.1, 0.15) is 17.6 Å². The zero-order valence-corrected chi connectivity index (χ0v) is 11.0. The third kappa shape index (κ3) is 3.12. The van der Waals surface area contributed by atoms with Crippen molar-refractivity contribution in [2.45, 2.75) is 26.3 Å². The van der Waals surface area contributed by atoms with Crippen LogP contribution in [-0.4, -0.2) is 36.6 Å². The Labute approximate surface area is 105 Å².